The van der Waals surface area contributed by atoms with Gasteiger partial charge in [0.2, 0.25) is 0 Å². The molecule has 4 nitrogen and oxygen atoms in total. The lowest BCUT2D eigenvalue weighted by Gasteiger charge is -2.40. The van der Waals surface area contributed by atoms with Gasteiger partial charge in [-0.1, -0.05) is 36.4 Å². The van der Waals surface area contributed by atoms with Crippen molar-refractivity contribution in [3.05, 3.63) is 72.1 Å². The zero-order valence-corrected chi connectivity index (χ0v) is 16.7. The predicted octanol–water partition coefficient (Wildman–Crippen LogP) is 4.31. The number of hydrogen-bond acceptors (Lipinski definition) is 3. The number of rotatable bonds is 3. The summed E-state index contributed by atoms with van der Waals surface area (Å²) in [7, 11) is -1.26. The molecule has 27 heavy (non-hydrogen) atoms. The topological polar surface area (TPSA) is 51.2 Å². The average Bonchev–Trinajstić information content (AvgIpc) is 2.67. The molecule has 3 aromatic rings. The molecule has 2 aromatic carbocycles. The third kappa shape index (κ3) is 3.26. The van der Waals surface area contributed by atoms with E-state index in [9.17, 15) is 4.21 Å². The number of pyridine rings is 1. The van der Waals surface area contributed by atoms with Gasteiger partial charge in [-0.2, -0.15) is 0 Å². The molecular weight excluding hydrogens is 356 g/mol. The van der Waals surface area contributed by atoms with Crippen LogP contribution in [0.15, 0.2) is 60.8 Å². The fourth-order valence-corrected chi connectivity index (χ4v) is 4.40. The van der Waals surface area contributed by atoms with Crippen LogP contribution in [0.25, 0.3) is 10.8 Å². The minimum atomic E-state index is -1.26. The van der Waals surface area contributed by atoms with Crippen molar-refractivity contribution in [3.63, 3.8) is 0 Å². The molecular formula is C22H24N2O2S. The fourth-order valence-electron chi connectivity index (χ4n) is 3.47. The van der Waals surface area contributed by atoms with E-state index in [0.717, 1.165) is 22.4 Å². The van der Waals surface area contributed by atoms with Crippen LogP contribution in [0.5, 0.6) is 5.75 Å². The first-order valence-corrected chi connectivity index (χ1v) is 10.3. The summed E-state index contributed by atoms with van der Waals surface area (Å²) in [5, 5.41) is 2.34. The van der Waals surface area contributed by atoms with E-state index in [1.54, 1.807) is 6.20 Å². The maximum Gasteiger partial charge on any atom is 0.143 e. The third-order valence-corrected chi connectivity index (χ3v) is 6.62. The molecule has 1 aliphatic rings. The van der Waals surface area contributed by atoms with Gasteiger partial charge in [0.1, 0.15) is 17.0 Å². The van der Waals surface area contributed by atoms with E-state index in [2.05, 4.69) is 40.0 Å². The van der Waals surface area contributed by atoms with Gasteiger partial charge in [-0.15, -0.1) is 0 Å². The highest BCUT2D eigenvalue weighted by Gasteiger charge is 2.43. The van der Waals surface area contributed by atoms with Crippen molar-refractivity contribution >= 4 is 21.8 Å². The van der Waals surface area contributed by atoms with E-state index >= 15 is 0 Å². The van der Waals surface area contributed by atoms with Crippen LogP contribution in [0, 0.1) is 0 Å². The highest BCUT2D eigenvalue weighted by molar-refractivity contribution is 7.84. The van der Waals surface area contributed by atoms with E-state index in [0.29, 0.717) is 13.0 Å². The molecule has 1 aromatic heterocycles. The quantitative estimate of drug-likeness (QED) is 0.736. The third-order valence-electron chi connectivity index (χ3n) is 4.97. The molecule has 2 heterocycles. The van der Waals surface area contributed by atoms with Crippen LogP contribution >= 0.6 is 0 Å². The molecule has 2 unspecified atom stereocenters. The van der Waals surface area contributed by atoms with E-state index in [-0.39, 0.29) is 0 Å². The molecule has 1 N–H and O–H groups in total. The lowest BCUT2D eigenvalue weighted by Crippen LogP contribution is -2.51. The number of nitrogens with zero attached hydrogens (tertiary/aromatic N) is 1. The maximum atomic E-state index is 13.1. The number of nitrogens with one attached hydrogen (secondary N) is 1. The monoisotopic (exact) mass is 380 g/mol. The molecule has 5 heteroatoms. The first-order chi connectivity index (χ1) is 12.9. The number of hydrogen-bond donors (Lipinski definition) is 1. The zero-order valence-electron chi connectivity index (χ0n) is 15.9. The molecule has 0 saturated heterocycles. The van der Waals surface area contributed by atoms with Crippen molar-refractivity contribution in [1.29, 1.82) is 0 Å². The minimum absolute atomic E-state index is 0.392. The second-order valence-electron chi connectivity index (χ2n) is 7.90. The van der Waals surface area contributed by atoms with Gasteiger partial charge in [-0.3, -0.25) is 4.98 Å². The van der Waals surface area contributed by atoms with E-state index in [1.807, 2.05) is 45.0 Å². The molecule has 1 aliphatic heterocycles. The van der Waals surface area contributed by atoms with E-state index < -0.39 is 21.3 Å². The van der Waals surface area contributed by atoms with Crippen molar-refractivity contribution in [3.8, 4) is 5.75 Å². The smallest absolute Gasteiger partial charge is 0.143 e. The van der Waals surface area contributed by atoms with Crippen LogP contribution in [-0.2, 0) is 16.5 Å². The Bertz CT molecular complexity index is 1010. The maximum absolute atomic E-state index is 13.1. The summed E-state index contributed by atoms with van der Waals surface area (Å²) in [4.78, 5) is 4.64. The number of ether oxygens (including phenoxy) is 1. The molecule has 0 saturated carbocycles. The van der Waals surface area contributed by atoms with Gasteiger partial charge in [-0.25, -0.2) is 8.93 Å². The summed E-state index contributed by atoms with van der Waals surface area (Å²) in [5.74, 6) is 0.746. The standard InChI is InChI=1S/C22H24N2O2S/c1-21(2,3)27(25)24-22(12-14-26-19-9-6-13-23-20(19)22)18-11-10-16-7-4-5-8-17(16)15-18/h4-11,13,15,24H,12,14H2,1-3H3. The number of benzene rings is 2. The van der Waals surface area contributed by atoms with Gasteiger partial charge in [0.05, 0.1) is 22.3 Å². The van der Waals surface area contributed by atoms with Crippen molar-refractivity contribution in [2.75, 3.05) is 6.61 Å². The molecule has 0 aliphatic carbocycles. The first-order valence-electron chi connectivity index (χ1n) is 9.17. The van der Waals surface area contributed by atoms with Crippen molar-refractivity contribution in [1.82, 2.24) is 9.71 Å². The second-order valence-corrected chi connectivity index (χ2v) is 9.87. The SMILES string of the molecule is CC(C)(C)S(=O)NC1(c2ccc3ccccc3c2)CCOc2cccnc21. The predicted molar refractivity (Wildman–Crippen MR) is 110 cm³/mol. The molecule has 0 bridgehead atoms. The highest BCUT2D eigenvalue weighted by atomic mass is 32.2. The second kappa shape index (κ2) is 6.73. The van der Waals surface area contributed by atoms with E-state index in [1.165, 1.54) is 5.39 Å². The molecule has 0 fully saturated rings. The average molecular weight is 381 g/mol. The highest BCUT2D eigenvalue weighted by Crippen LogP contribution is 2.42. The van der Waals surface area contributed by atoms with Gasteiger partial charge in [-0.05, 0) is 55.3 Å². The van der Waals surface area contributed by atoms with Crippen LogP contribution in [0.1, 0.15) is 38.4 Å². The molecule has 2 atom stereocenters. The van der Waals surface area contributed by atoms with Gasteiger partial charge >= 0.3 is 0 Å². The van der Waals surface area contributed by atoms with Gasteiger partial charge in [0, 0.05) is 12.6 Å². The Morgan fingerprint density at radius 1 is 1.07 bits per heavy atom. The first kappa shape index (κ1) is 18.1. The van der Waals surface area contributed by atoms with Gasteiger partial charge in [0.15, 0.2) is 0 Å². The zero-order chi connectivity index (χ0) is 19.1. The normalized spacial score (nSPS) is 20.7. The summed E-state index contributed by atoms with van der Waals surface area (Å²) in [6, 6.07) is 18.5. The van der Waals surface area contributed by atoms with Crippen LogP contribution in [-0.4, -0.2) is 20.5 Å². The largest absolute Gasteiger partial charge is 0.491 e. The van der Waals surface area contributed by atoms with Crippen LogP contribution in [0.2, 0.25) is 0 Å². The Morgan fingerprint density at radius 2 is 1.85 bits per heavy atom. The summed E-state index contributed by atoms with van der Waals surface area (Å²) in [5.41, 5.74) is 1.20. The molecule has 4 rings (SSSR count). The van der Waals surface area contributed by atoms with Crippen molar-refractivity contribution in [2.24, 2.45) is 0 Å². The van der Waals surface area contributed by atoms with E-state index in [4.69, 9.17) is 4.74 Å². The molecule has 0 amide bonds. The lowest BCUT2D eigenvalue weighted by molar-refractivity contribution is 0.223. The summed E-state index contributed by atoms with van der Waals surface area (Å²) >= 11 is 0. The Kier molecular flexibility index (Phi) is 4.52. The molecule has 0 radical (unpaired) electrons. The minimum Gasteiger partial charge on any atom is -0.491 e. The number of aromatic nitrogens is 1. The Labute approximate surface area is 162 Å². The summed E-state index contributed by atoms with van der Waals surface area (Å²) in [6.45, 7) is 6.47. The Balaban J connectivity index is 1.92. The van der Waals surface area contributed by atoms with Gasteiger partial charge < -0.3 is 4.74 Å². The Morgan fingerprint density at radius 3 is 2.63 bits per heavy atom. The Hall–Kier alpha value is -2.24. The molecule has 140 valence electrons. The van der Waals surface area contributed by atoms with Crippen molar-refractivity contribution in [2.45, 2.75) is 37.5 Å². The van der Waals surface area contributed by atoms with Crippen molar-refractivity contribution < 1.29 is 8.95 Å². The fraction of sp³-hybridized carbons (Fsp3) is 0.318. The molecule has 0 spiro atoms. The van der Waals surface area contributed by atoms with Crippen LogP contribution < -0.4 is 9.46 Å². The number of fused-ring (bicyclic) bond motifs is 2. The summed E-state index contributed by atoms with van der Waals surface area (Å²) in [6.07, 6.45) is 2.43. The summed E-state index contributed by atoms with van der Waals surface area (Å²) < 4.78 is 22.0. The van der Waals surface area contributed by atoms with Crippen LogP contribution in [0.3, 0.4) is 0 Å². The van der Waals surface area contributed by atoms with Gasteiger partial charge in [0.25, 0.3) is 0 Å². The van der Waals surface area contributed by atoms with Crippen LogP contribution in [0.4, 0.5) is 0 Å². The lowest BCUT2D eigenvalue weighted by atomic mass is 9.82.